The van der Waals surface area contributed by atoms with Gasteiger partial charge in [-0.1, -0.05) is 13.5 Å². The summed E-state index contributed by atoms with van der Waals surface area (Å²) in [6, 6.07) is 0. The van der Waals surface area contributed by atoms with E-state index in [0.29, 0.717) is 0 Å². The molecule has 0 aromatic carbocycles. The predicted molar refractivity (Wildman–Crippen MR) is 38.2 cm³/mol. The van der Waals surface area contributed by atoms with Crippen molar-refractivity contribution < 1.29 is 0 Å². The standard InChI is InChI=1S/C7H13N/c1-5-7(4)8-6(2)3/h4-5H2,1-3H3. The Hall–Kier alpha value is -0.590. The van der Waals surface area contributed by atoms with Crippen molar-refractivity contribution in [1.29, 1.82) is 0 Å². The molecule has 0 rings (SSSR count). The molecule has 0 bridgehead atoms. The van der Waals surface area contributed by atoms with Crippen LogP contribution < -0.4 is 0 Å². The molecular formula is C7H13N. The number of aliphatic imine (C=N–C) groups is 1. The molecule has 0 aliphatic rings. The second-order valence-corrected chi connectivity index (χ2v) is 1.98. The molecule has 46 valence electrons. The highest BCUT2D eigenvalue weighted by Crippen LogP contribution is 1.97. The summed E-state index contributed by atoms with van der Waals surface area (Å²) in [4.78, 5) is 4.12. The lowest BCUT2D eigenvalue weighted by molar-refractivity contribution is 1.07. The van der Waals surface area contributed by atoms with E-state index < -0.39 is 0 Å². The molecule has 1 nitrogen and oxygen atoms in total. The maximum atomic E-state index is 4.12. The van der Waals surface area contributed by atoms with Crippen molar-refractivity contribution in [2.24, 2.45) is 4.99 Å². The van der Waals surface area contributed by atoms with Gasteiger partial charge in [-0.25, -0.2) is 0 Å². The average molecular weight is 111 g/mol. The lowest BCUT2D eigenvalue weighted by Crippen LogP contribution is -1.80. The van der Waals surface area contributed by atoms with Gasteiger partial charge in [0, 0.05) is 11.4 Å². The van der Waals surface area contributed by atoms with Crippen LogP contribution in [0.25, 0.3) is 0 Å². The number of allylic oxidation sites excluding steroid dienone is 1. The zero-order valence-electron chi connectivity index (χ0n) is 5.86. The fourth-order valence-corrected chi connectivity index (χ4v) is 0.395. The molecule has 1 heteroatoms. The van der Waals surface area contributed by atoms with Gasteiger partial charge in [-0.15, -0.1) is 0 Å². The van der Waals surface area contributed by atoms with Crippen LogP contribution in [0, 0.1) is 0 Å². The zero-order chi connectivity index (χ0) is 6.57. The number of nitrogens with zero attached hydrogens (tertiary/aromatic N) is 1. The molecule has 0 saturated carbocycles. The molecule has 0 aliphatic carbocycles. The SMILES string of the molecule is C=C(CC)N=C(C)C. The smallest absolute Gasteiger partial charge is 0.0328 e. The van der Waals surface area contributed by atoms with Crippen LogP contribution in [0.15, 0.2) is 17.3 Å². The second-order valence-electron chi connectivity index (χ2n) is 1.98. The van der Waals surface area contributed by atoms with Gasteiger partial charge in [-0.05, 0) is 20.3 Å². The molecule has 0 aromatic heterocycles. The van der Waals surface area contributed by atoms with Gasteiger partial charge in [-0.3, -0.25) is 4.99 Å². The number of hydrogen-bond acceptors (Lipinski definition) is 1. The monoisotopic (exact) mass is 111 g/mol. The summed E-state index contributed by atoms with van der Waals surface area (Å²) < 4.78 is 0. The van der Waals surface area contributed by atoms with E-state index in [9.17, 15) is 0 Å². The molecule has 0 fully saturated rings. The molecule has 8 heavy (non-hydrogen) atoms. The topological polar surface area (TPSA) is 12.4 Å². The van der Waals surface area contributed by atoms with Crippen LogP contribution in [0.5, 0.6) is 0 Å². The highest BCUT2D eigenvalue weighted by Gasteiger charge is 1.81. The highest BCUT2D eigenvalue weighted by molar-refractivity contribution is 5.80. The third-order valence-corrected chi connectivity index (χ3v) is 0.790. The number of rotatable bonds is 2. The van der Waals surface area contributed by atoms with Crippen molar-refractivity contribution in [2.45, 2.75) is 27.2 Å². The molecule has 0 N–H and O–H groups in total. The van der Waals surface area contributed by atoms with E-state index in [1.54, 1.807) is 0 Å². The van der Waals surface area contributed by atoms with Crippen LogP contribution in [0.2, 0.25) is 0 Å². The van der Waals surface area contributed by atoms with Gasteiger partial charge >= 0.3 is 0 Å². The van der Waals surface area contributed by atoms with Gasteiger partial charge in [-0.2, -0.15) is 0 Å². The van der Waals surface area contributed by atoms with E-state index in [1.807, 2.05) is 13.8 Å². The van der Waals surface area contributed by atoms with E-state index in [2.05, 4.69) is 18.5 Å². The molecular weight excluding hydrogens is 98.1 g/mol. The summed E-state index contributed by atoms with van der Waals surface area (Å²) in [7, 11) is 0. The summed E-state index contributed by atoms with van der Waals surface area (Å²) in [6.45, 7) is 9.72. The van der Waals surface area contributed by atoms with Crippen LogP contribution in [0.1, 0.15) is 27.2 Å². The van der Waals surface area contributed by atoms with Crippen molar-refractivity contribution in [1.82, 2.24) is 0 Å². The van der Waals surface area contributed by atoms with Crippen molar-refractivity contribution in [3.8, 4) is 0 Å². The highest BCUT2D eigenvalue weighted by atomic mass is 14.7. The van der Waals surface area contributed by atoms with Crippen LogP contribution in [0.4, 0.5) is 0 Å². The summed E-state index contributed by atoms with van der Waals surface area (Å²) in [6.07, 6.45) is 0.950. The van der Waals surface area contributed by atoms with Crippen LogP contribution >= 0.6 is 0 Å². The van der Waals surface area contributed by atoms with Crippen LogP contribution in [-0.4, -0.2) is 5.71 Å². The largest absolute Gasteiger partial charge is 0.263 e. The molecule has 0 atom stereocenters. The minimum absolute atomic E-state index is 0.950. The van der Waals surface area contributed by atoms with Gasteiger partial charge in [0.2, 0.25) is 0 Å². The maximum Gasteiger partial charge on any atom is 0.0328 e. The van der Waals surface area contributed by atoms with Gasteiger partial charge in [0.25, 0.3) is 0 Å². The van der Waals surface area contributed by atoms with Crippen molar-refractivity contribution in [3.05, 3.63) is 12.3 Å². The second kappa shape index (κ2) is 3.42. The Morgan fingerprint density at radius 2 is 2.00 bits per heavy atom. The molecule has 0 spiro atoms. The molecule has 0 aliphatic heterocycles. The normalized spacial score (nSPS) is 8.38. The Morgan fingerprint density at radius 3 is 2.12 bits per heavy atom. The third kappa shape index (κ3) is 3.59. The van der Waals surface area contributed by atoms with E-state index in [4.69, 9.17) is 0 Å². The number of hydrogen-bond donors (Lipinski definition) is 0. The maximum absolute atomic E-state index is 4.12. The Bertz CT molecular complexity index is 108. The third-order valence-electron chi connectivity index (χ3n) is 0.790. The Labute approximate surface area is 51.1 Å². The fraction of sp³-hybridized carbons (Fsp3) is 0.571. The lowest BCUT2D eigenvalue weighted by Gasteiger charge is -1.91. The summed E-state index contributed by atoms with van der Waals surface area (Å²) in [5.41, 5.74) is 2.04. The first-order valence-corrected chi connectivity index (χ1v) is 2.86. The van der Waals surface area contributed by atoms with E-state index >= 15 is 0 Å². The van der Waals surface area contributed by atoms with Crippen LogP contribution in [0.3, 0.4) is 0 Å². The van der Waals surface area contributed by atoms with Gasteiger partial charge in [0.15, 0.2) is 0 Å². The molecule has 0 radical (unpaired) electrons. The predicted octanol–water partition coefficient (Wildman–Crippen LogP) is 2.39. The molecule has 0 saturated heterocycles. The fourth-order valence-electron chi connectivity index (χ4n) is 0.395. The van der Waals surface area contributed by atoms with E-state index in [1.165, 1.54) is 0 Å². The first kappa shape index (κ1) is 7.41. The first-order chi connectivity index (χ1) is 3.66. The summed E-state index contributed by atoms with van der Waals surface area (Å²) in [5.74, 6) is 0. The summed E-state index contributed by atoms with van der Waals surface area (Å²) >= 11 is 0. The van der Waals surface area contributed by atoms with Gasteiger partial charge in [0.05, 0.1) is 0 Å². The van der Waals surface area contributed by atoms with Crippen molar-refractivity contribution in [2.75, 3.05) is 0 Å². The average Bonchev–Trinajstić information content (AvgIpc) is 1.65. The Kier molecular flexibility index (Phi) is 3.16. The Morgan fingerprint density at radius 1 is 1.50 bits per heavy atom. The minimum atomic E-state index is 0.950. The van der Waals surface area contributed by atoms with E-state index in [-0.39, 0.29) is 0 Å². The zero-order valence-corrected chi connectivity index (χ0v) is 5.86. The quantitative estimate of drug-likeness (QED) is 0.485. The van der Waals surface area contributed by atoms with Crippen LogP contribution in [-0.2, 0) is 0 Å². The Balaban J connectivity index is 3.70. The first-order valence-electron chi connectivity index (χ1n) is 2.86. The van der Waals surface area contributed by atoms with E-state index in [0.717, 1.165) is 17.8 Å². The summed E-state index contributed by atoms with van der Waals surface area (Å²) in [5, 5.41) is 0. The van der Waals surface area contributed by atoms with Gasteiger partial charge < -0.3 is 0 Å². The minimum Gasteiger partial charge on any atom is -0.263 e. The molecule has 0 unspecified atom stereocenters. The molecule has 0 heterocycles. The van der Waals surface area contributed by atoms with Crippen molar-refractivity contribution >= 4 is 5.71 Å². The van der Waals surface area contributed by atoms with Gasteiger partial charge in [0.1, 0.15) is 0 Å². The molecule has 0 amide bonds. The lowest BCUT2D eigenvalue weighted by atomic mass is 10.4. The molecule has 0 aromatic rings. The van der Waals surface area contributed by atoms with Crippen molar-refractivity contribution in [3.63, 3.8) is 0 Å².